The highest BCUT2D eigenvalue weighted by atomic mass is 35.5. The van der Waals surface area contributed by atoms with E-state index in [-0.39, 0.29) is 49.9 Å². The minimum Gasteiger partial charge on any atom is -0.382 e. The van der Waals surface area contributed by atoms with Gasteiger partial charge in [-0.15, -0.1) is 0 Å². The van der Waals surface area contributed by atoms with E-state index >= 15 is 0 Å². The van der Waals surface area contributed by atoms with E-state index < -0.39 is 32.0 Å². The van der Waals surface area contributed by atoms with E-state index in [2.05, 4.69) is 37.2 Å². The fourth-order valence-electron chi connectivity index (χ4n) is 5.73. The summed E-state index contributed by atoms with van der Waals surface area (Å²) in [6.45, 7) is -7.61. The Balaban J connectivity index is 1.12. The SMILES string of the molecule is Nc1ncnc2c1ncn2[C@@H]1C[C@@H]2COP(O)(=S)O[C@H]3C[C@H](n4ccc5c(Cl)ncnc54)O[C@@H]3COP(=O)(S)OC[C@H]21. The Hall–Kier alpha value is -1.75. The Bertz CT molecular complexity index is 1680. The third-order valence-corrected chi connectivity index (χ3v) is 11.4. The molecule has 0 aromatic carbocycles. The van der Waals surface area contributed by atoms with Crippen LogP contribution in [0.4, 0.5) is 5.82 Å². The summed E-state index contributed by atoms with van der Waals surface area (Å²) in [6.07, 6.45) is 4.93. The summed E-state index contributed by atoms with van der Waals surface area (Å²) in [7, 11) is 0. The van der Waals surface area contributed by atoms with Crippen molar-refractivity contribution in [1.82, 2.24) is 34.1 Å². The first-order chi connectivity index (χ1) is 20.1. The van der Waals surface area contributed by atoms with Gasteiger partial charge < -0.3 is 38.1 Å². The molecule has 1 aliphatic carbocycles. The van der Waals surface area contributed by atoms with Gasteiger partial charge in [0, 0.05) is 24.6 Å². The maximum Gasteiger partial charge on any atom is 0.386 e. The molecule has 20 heteroatoms. The first kappa shape index (κ1) is 29.0. The average Bonchev–Trinajstić information content (AvgIpc) is 3.64. The van der Waals surface area contributed by atoms with E-state index in [1.807, 2.05) is 4.57 Å². The molecule has 1 saturated carbocycles. The molecule has 0 spiro atoms. The highest BCUT2D eigenvalue weighted by Crippen LogP contribution is 2.58. The second-order valence-electron chi connectivity index (χ2n) is 10.3. The molecule has 6 heterocycles. The van der Waals surface area contributed by atoms with E-state index in [0.29, 0.717) is 33.8 Å². The number of aromatic nitrogens is 7. The largest absolute Gasteiger partial charge is 0.386 e. The molecule has 3 aliphatic rings. The van der Waals surface area contributed by atoms with Gasteiger partial charge in [0.1, 0.15) is 41.3 Å². The quantitative estimate of drug-likeness (QED) is 0.159. The molecule has 2 aliphatic heterocycles. The van der Waals surface area contributed by atoms with Crippen molar-refractivity contribution in [2.75, 3.05) is 25.6 Å². The van der Waals surface area contributed by atoms with E-state index in [0.717, 1.165) is 0 Å². The van der Waals surface area contributed by atoms with E-state index in [1.165, 1.54) is 12.7 Å². The number of nitrogens with zero attached hydrogens (tertiary/aromatic N) is 7. The Kier molecular flexibility index (Phi) is 7.59. The molecular weight excluding hydrogens is 650 g/mol. The van der Waals surface area contributed by atoms with Crippen LogP contribution in [0.3, 0.4) is 0 Å². The Labute approximate surface area is 254 Å². The van der Waals surface area contributed by atoms with Gasteiger partial charge in [0.25, 0.3) is 0 Å². The van der Waals surface area contributed by atoms with Gasteiger partial charge in [0.15, 0.2) is 11.5 Å². The van der Waals surface area contributed by atoms with Gasteiger partial charge in [-0.1, -0.05) is 23.8 Å². The summed E-state index contributed by atoms with van der Waals surface area (Å²) in [5.74, 6) is -0.0558. The Morgan fingerprint density at radius 1 is 1.02 bits per heavy atom. The van der Waals surface area contributed by atoms with Crippen molar-refractivity contribution >= 4 is 77.2 Å². The molecule has 224 valence electrons. The molecule has 3 N–H and O–H groups in total. The van der Waals surface area contributed by atoms with Crippen molar-refractivity contribution < 1.29 is 32.3 Å². The molecule has 0 amide bonds. The fourth-order valence-corrected chi connectivity index (χ4v) is 8.61. The first-order valence-electron chi connectivity index (χ1n) is 12.9. The first-order valence-corrected chi connectivity index (χ1v) is 18.6. The van der Waals surface area contributed by atoms with Crippen LogP contribution >= 0.6 is 37.4 Å². The van der Waals surface area contributed by atoms with Crippen LogP contribution in [-0.2, 0) is 39.2 Å². The number of imidazole rings is 1. The number of fused-ring (bicyclic) bond motifs is 4. The van der Waals surface area contributed by atoms with Crippen LogP contribution in [0.5, 0.6) is 0 Å². The van der Waals surface area contributed by atoms with Gasteiger partial charge in [-0.3, -0.25) is 4.52 Å². The molecule has 15 nitrogen and oxygen atoms in total. The van der Waals surface area contributed by atoms with Crippen LogP contribution < -0.4 is 5.73 Å². The van der Waals surface area contributed by atoms with E-state index in [9.17, 15) is 9.46 Å². The number of rotatable bonds is 2. The third-order valence-electron chi connectivity index (χ3n) is 7.89. The van der Waals surface area contributed by atoms with Gasteiger partial charge in [0.2, 0.25) is 0 Å². The molecule has 8 atom stereocenters. The molecule has 2 unspecified atom stereocenters. The van der Waals surface area contributed by atoms with Crippen LogP contribution in [0.25, 0.3) is 22.2 Å². The molecule has 7 rings (SSSR count). The summed E-state index contributed by atoms with van der Waals surface area (Å²) >= 11 is 15.8. The zero-order valence-electron chi connectivity index (χ0n) is 21.6. The standard InChI is InChI=1S/C22H25ClN8O7P2S2/c23-19-12-1-2-30(21(12)27-8-25-19)17-4-15-16(37-17)7-36-39(32,41)35-6-13-11(5-34-40(33,42)38-15)3-14(13)31-10-29-18-20(24)26-9-28-22(18)31/h1-2,8-11,13-17H,3-7H2,(H,32,41)(H,33,42)(H2,24,26,28)/t11-,13-,14-,15+,16-,17-,39?,40?/m1/s1. The van der Waals surface area contributed by atoms with Crippen molar-refractivity contribution in [3.05, 3.63) is 36.4 Å². The summed E-state index contributed by atoms with van der Waals surface area (Å²) < 4.78 is 46.3. The highest BCUT2D eigenvalue weighted by molar-refractivity contribution is 8.44. The van der Waals surface area contributed by atoms with Crippen molar-refractivity contribution in [3.63, 3.8) is 0 Å². The van der Waals surface area contributed by atoms with Crippen molar-refractivity contribution in [2.45, 2.75) is 37.3 Å². The average molecular weight is 675 g/mol. The van der Waals surface area contributed by atoms with Gasteiger partial charge >= 0.3 is 13.5 Å². The molecule has 0 bridgehead atoms. The maximum atomic E-state index is 13.3. The van der Waals surface area contributed by atoms with Crippen molar-refractivity contribution in [1.29, 1.82) is 0 Å². The number of nitrogen functional groups attached to an aromatic ring is 1. The number of hydrogen-bond donors (Lipinski definition) is 3. The predicted octanol–water partition coefficient (Wildman–Crippen LogP) is 3.67. The summed E-state index contributed by atoms with van der Waals surface area (Å²) in [5.41, 5.74) is 7.57. The Morgan fingerprint density at radius 2 is 1.81 bits per heavy atom. The predicted molar refractivity (Wildman–Crippen MR) is 157 cm³/mol. The number of hydrogen-bond acceptors (Lipinski definition) is 13. The highest BCUT2D eigenvalue weighted by Gasteiger charge is 2.47. The number of halogens is 1. The number of ether oxygens (including phenoxy) is 1. The van der Waals surface area contributed by atoms with Crippen molar-refractivity contribution in [3.8, 4) is 0 Å². The molecular formula is C22H25ClN8O7P2S2. The normalized spacial score (nSPS) is 36.0. The Morgan fingerprint density at radius 3 is 2.67 bits per heavy atom. The minimum atomic E-state index is -3.83. The monoisotopic (exact) mass is 674 g/mol. The summed E-state index contributed by atoms with van der Waals surface area (Å²) in [6, 6.07) is 1.64. The van der Waals surface area contributed by atoms with Crippen LogP contribution in [0.15, 0.2) is 31.2 Å². The smallest absolute Gasteiger partial charge is 0.382 e. The van der Waals surface area contributed by atoms with Crippen molar-refractivity contribution in [2.24, 2.45) is 11.8 Å². The minimum absolute atomic E-state index is 0.0300. The zero-order chi connectivity index (χ0) is 29.2. The van der Waals surface area contributed by atoms with Gasteiger partial charge in [-0.2, -0.15) is 0 Å². The maximum absolute atomic E-state index is 13.3. The molecule has 42 heavy (non-hydrogen) atoms. The van der Waals surface area contributed by atoms with E-state index in [1.54, 1.807) is 23.2 Å². The number of anilines is 1. The van der Waals surface area contributed by atoms with Gasteiger partial charge in [-0.05, 0) is 30.2 Å². The topological polar surface area (TPSA) is 184 Å². The summed E-state index contributed by atoms with van der Waals surface area (Å²) in [4.78, 5) is 32.0. The molecule has 2 saturated heterocycles. The summed E-state index contributed by atoms with van der Waals surface area (Å²) in [5, 5.41) is 0.959. The van der Waals surface area contributed by atoms with Crippen LogP contribution in [0.1, 0.15) is 25.1 Å². The van der Waals surface area contributed by atoms with E-state index in [4.69, 9.17) is 52.0 Å². The van der Waals surface area contributed by atoms with Crippen LogP contribution in [0, 0.1) is 11.8 Å². The second kappa shape index (κ2) is 11.0. The molecule has 4 aromatic heterocycles. The molecule has 0 radical (unpaired) electrons. The lowest BCUT2D eigenvalue weighted by Crippen LogP contribution is -2.43. The van der Waals surface area contributed by atoms with Crippen LogP contribution in [0.2, 0.25) is 5.15 Å². The molecule has 4 aromatic rings. The fraction of sp³-hybridized carbons (Fsp3) is 0.500. The van der Waals surface area contributed by atoms with Crippen LogP contribution in [-0.4, -0.2) is 71.0 Å². The second-order valence-corrected chi connectivity index (χ2v) is 16.3. The number of thiol groups is 1. The number of nitrogens with two attached hydrogens (primary N) is 1. The lowest BCUT2D eigenvalue weighted by Gasteiger charge is -2.45. The van der Waals surface area contributed by atoms with Gasteiger partial charge in [0.05, 0.1) is 37.6 Å². The lowest BCUT2D eigenvalue weighted by atomic mass is 9.70. The van der Waals surface area contributed by atoms with Gasteiger partial charge in [-0.25, -0.2) is 29.5 Å². The molecule has 3 fully saturated rings. The third kappa shape index (κ3) is 5.39. The lowest BCUT2D eigenvalue weighted by molar-refractivity contribution is -0.0373. The zero-order valence-corrected chi connectivity index (χ0v) is 25.9.